The molecular formula is C16H17N5O2. The molecule has 1 saturated heterocycles. The molecule has 23 heavy (non-hydrogen) atoms. The molecule has 1 fully saturated rings. The van der Waals surface area contributed by atoms with Crippen molar-refractivity contribution in [3.63, 3.8) is 0 Å². The number of para-hydroxylation sites is 2. The molecule has 118 valence electrons. The Morgan fingerprint density at radius 1 is 1.09 bits per heavy atom. The summed E-state index contributed by atoms with van der Waals surface area (Å²) >= 11 is 0. The van der Waals surface area contributed by atoms with Crippen LogP contribution >= 0.6 is 0 Å². The minimum Gasteiger partial charge on any atom is -0.423 e. The number of aryl methyl sites for hydroxylation is 2. The number of morpholine rings is 1. The zero-order valence-electron chi connectivity index (χ0n) is 13.1. The molecule has 1 aromatic carbocycles. The number of anilines is 1. The van der Waals surface area contributed by atoms with E-state index in [1.54, 1.807) is 6.92 Å². The standard InChI is InChI=1S/C16H17N5O2/c1-10-15(18-13-6-4-3-5-12(13)17-10)21-7-8-22-14(9-21)16-20-19-11(2)23-16/h3-6,14H,7-9H2,1-2H3. The third-order valence-electron chi connectivity index (χ3n) is 3.90. The van der Waals surface area contributed by atoms with Gasteiger partial charge in [0.15, 0.2) is 11.9 Å². The van der Waals surface area contributed by atoms with Gasteiger partial charge in [-0.05, 0) is 19.1 Å². The number of ether oxygens (including phenoxy) is 1. The third kappa shape index (κ3) is 2.63. The van der Waals surface area contributed by atoms with Crippen LogP contribution in [0, 0.1) is 13.8 Å². The number of benzene rings is 1. The molecule has 1 unspecified atom stereocenters. The first kappa shape index (κ1) is 14.1. The van der Waals surface area contributed by atoms with Crippen LogP contribution in [0.1, 0.15) is 23.6 Å². The monoisotopic (exact) mass is 311 g/mol. The van der Waals surface area contributed by atoms with E-state index in [1.807, 2.05) is 31.2 Å². The van der Waals surface area contributed by atoms with Crippen LogP contribution in [0.4, 0.5) is 5.82 Å². The molecule has 7 nitrogen and oxygen atoms in total. The Morgan fingerprint density at radius 2 is 1.87 bits per heavy atom. The number of hydrogen-bond donors (Lipinski definition) is 0. The Labute approximate surface area is 133 Å². The van der Waals surface area contributed by atoms with Crippen LogP contribution in [0.3, 0.4) is 0 Å². The number of nitrogens with zero attached hydrogens (tertiary/aromatic N) is 5. The fourth-order valence-corrected chi connectivity index (χ4v) is 2.81. The predicted octanol–water partition coefficient (Wildman–Crippen LogP) is 2.21. The molecule has 3 aromatic rings. The Kier molecular flexibility index (Phi) is 3.42. The number of rotatable bonds is 2. The maximum absolute atomic E-state index is 5.77. The van der Waals surface area contributed by atoms with Crippen LogP contribution in [0.5, 0.6) is 0 Å². The topological polar surface area (TPSA) is 77.2 Å². The highest BCUT2D eigenvalue weighted by atomic mass is 16.5. The molecule has 0 aliphatic carbocycles. The van der Waals surface area contributed by atoms with Gasteiger partial charge in [-0.3, -0.25) is 0 Å². The van der Waals surface area contributed by atoms with E-state index in [0.29, 0.717) is 24.9 Å². The molecule has 0 radical (unpaired) electrons. The molecule has 4 rings (SSSR count). The summed E-state index contributed by atoms with van der Waals surface area (Å²) in [5, 5.41) is 7.94. The van der Waals surface area contributed by atoms with E-state index in [-0.39, 0.29) is 6.10 Å². The Balaban J connectivity index is 1.65. The number of fused-ring (bicyclic) bond motifs is 1. The molecule has 7 heteroatoms. The zero-order valence-corrected chi connectivity index (χ0v) is 13.1. The second-order valence-electron chi connectivity index (χ2n) is 5.59. The number of hydrogen-bond acceptors (Lipinski definition) is 7. The van der Waals surface area contributed by atoms with Crippen molar-refractivity contribution in [1.29, 1.82) is 0 Å². The maximum Gasteiger partial charge on any atom is 0.246 e. The summed E-state index contributed by atoms with van der Waals surface area (Å²) in [6.45, 7) is 5.72. The maximum atomic E-state index is 5.77. The highest BCUT2D eigenvalue weighted by Gasteiger charge is 2.28. The Morgan fingerprint density at radius 3 is 2.61 bits per heavy atom. The molecule has 0 spiro atoms. The van der Waals surface area contributed by atoms with Gasteiger partial charge in [0.05, 0.1) is 29.9 Å². The lowest BCUT2D eigenvalue weighted by Gasteiger charge is -2.32. The first-order chi connectivity index (χ1) is 11.2. The van der Waals surface area contributed by atoms with Gasteiger partial charge in [-0.15, -0.1) is 10.2 Å². The number of aromatic nitrogens is 4. The first-order valence-electron chi connectivity index (χ1n) is 7.60. The van der Waals surface area contributed by atoms with Gasteiger partial charge in [-0.2, -0.15) is 0 Å². The second-order valence-corrected chi connectivity index (χ2v) is 5.59. The van der Waals surface area contributed by atoms with E-state index in [0.717, 1.165) is 29.1 Å². The van der Waals surface area contributed by atoms with Crippen molar-refractivity contribution >= 4 is 16.9 Å². The smallest absolute Gasteiger partial charge is 0.246 e. The lowest BCUT2D eigenvalue weighted by atomic mass is 10.2. The second kappa shape index (κ2) is 5.58. The van der Waals surface area contributed by atoms with Crippen molar-refractivity contribution in [2.45, 2.75) is 20.0 Å². The van der Waals surface area contributed by atoms with E-state index < -0.39 is 0 Å². The normalized spacial score (nSPS) is 18.5. The molecule has 0 N–H and O–H groups in total. The highest BCUT2D eigenvalue weighted by Crippen LogP contribution is 2.27. The van der Waals surface area contributed by atoms with Crippen molar-refractivity contribution in [2.75, 3.05) is 24.6 Å². The van der Waals surface area contributed by atoms with E-state index >= 15 is 0 Å². The lowest BCUT2D eigenvalue weighted by molar-refractivity contribution is 0.0214. The van der Waals surface area contributed by atoms with Crippen molar-refractivity contribution in [3.8, 4) is 0 Å². The molecule has 0 amide bonds. The summed E-state index contributed by atoms with van der Waals surface area (Å²) in [5.74, 6) is 1.94. The summed E-state index contributed by atoms with van der Waals surface area (Å²) in [4.78, 5) is 11.6. The molecule has 1 atom stereocenters. The first-order valence-corrected chi connectivity index (χ1v) is 7.60. The van der Waals surface area contributed by atoms with Crippen molar-refractivity contribution < 1.29 is 9.15 Å². The van der Waals surface area contributed by atoms with E-state index in [9.17, 15) is 0 Å². The van der Waals surface area contributed by atoms with Gasteiger partial charge in [0.1, 0.15) is 0 Å². The fourth-order valence-electron chi connectivity index (χ4n) is 2.81. The molecule has 2 aromatic heterocycles. The molecular weight excluding hydrogens is 294 g/mol. The van der Waals surface area contributed by atoms with Crippen LogP contribution in [0.2, 0.25) is 0 Å². The van der Waals surface area contributed by atoms with Gasteiger partial charge in [-0.25, -0.2) is 9.97 Å². The van der Waals surface area contributed by atoms with E-state index in [1.165, 1.54) is 0 Å². The molecule has 1 aliphatic heterocycles. The SMILES string of the molecule is Cc1nnc(C2CN(c3nc4ccccc4nc3C)CCO2)o1. The average Bonchev–Trinajstić information content (AvgIpc) is 3.01. The predicted molar refractivity (Wildman–Crippen MR) is 84.2 cm³/mol. The largest absolute Gasteiger partial charge is 0.423 e. The van der Waals surface area contributed by atoms with Crippen LogP contribution < -0.4 is 4.90 Å². The molecule has 0 bridgehead atoms. The van der Waals surface area contributed by atoms with Crippen molar-refractivity contribution in [2.24, 2.45) is 0 Å². The summed E-state index contributed by atoms with van der Waals surface area (Å²) in [6, 6.07) is 7.89. The van der Waals surface area contributed by atoms with Crippen LogP contribution in [0.15, 0.2) is 28.7 Å². The Hall–Kier alpha value is -2.54. The summed E-state index contributed by atoms with van der Waals surface area (Å²) in [7, 11) is 0. The van der Waals surface area contributed by atoms with Gasteiger partial charge in [0.25, 0.3) is 0 Å². The van der Waals surface area contributed by atoms with Crippen molar-refractivity contribution in [1.82, 2.24) is 20.2 Å². The van der Waals surface area contributed by atoms with Crippen LogP contribution in [-0.2, 0) is 4.74 Å². The van der Waals surface area contributed by atoms with Gasteiger partial charge in [0.2, 0.25) is 11.8 Å². The van der Waals surface area contributed by atoms with Gasteiger partial charge >= 0.3 is 0 Å². The van der Waals surface area contributed by atoms with Gasteiger partial charge in [-0.1, -0.05) is 12.1 Å². The van der Waals surface area contributed by atoms with Crippen molar-refractivity contribution in [3.05, 3.63) is 41.7 Å². The van der Waals surface area contributed by atoms with Crippen LogP contribution in [0.25, 0.3) is 11.0 Å². The zero-order chi connectivity index (χ0) is 15.8. The summed E-state index contributed by atoms with van der Waals surface area (Å²) in [5.41, 5.74) is 2.71. The summed E-state index contributed by atoms with van der Waals surface area (Å²) < 4.78 is 11.3. The third-order valence-corrected chi connectivity index (χ3v) is 3.90. The molecule has 1 aliphatic rings. The van der Waals surface area contributed by atoms with E-state index in [2.05, 4.69) is 20.1 Å². The minimum absolute atomic E-state index is 0.238. The molecule has 0 saturated carbocycles. The molecule has 3 heterocycles. The quantitative estimate of drug-likeness (QED) is 0.718. The lowest BCUT2D eigenvalue weighted by Crippen LogP contribution is -2.39. The minimum atomic E-state index is -0.238. The van der Waals surface area contributed by atoms with Gasteiger partial charge < -0.3 is 14.1 Å². The summed E-state index contributed by atoms with van der Waals surface area (Å²) in [6.07, 6.45) is -0.238. The van der Waals surface area contributed by atoms with Crippen LogP contribution in [-0.4, -0.2) is 39.9 Å². The average molecular weight is 311 g/mol. The van der Waals surface area contributed by atoms with Gasteiger partial charge in [0, 0.05) is 13.5 Å². The Bertz CT molecular complexity index is 847. The van der Waals surface area contributed by atoms with E-state index in [4.69, 9.17) is 14.1 Å². The fraction of sp³-hybridized carbons (Fsp3) is 0.375. The highest BCUT2D eigenvalue weighted by molar-refractivity contribution is 5.76.